The summed E-state index contributed by atoms with van der Waals surface area (Å²) in [6, 6.07) is 11.1. The van der Waals surface area contributed by atoms with Crippen molar-refractivity contribution in [2.45, 2.75) is 11.4 Å². The molecule has 9 nitrogen and oxygen atoms in total. The number of nitrogens with one attached hydrogen (secondary N) is 2. The van der Waals surface area contributed by atoms with E-state index in [9.17, 15) is 18.0 Å². The average Bonchev–Trinajstić information content (AvgIpc) is 3.30. The second-order valence-corrected chi connectivity index (χ2v) is 8.44. The van der Waals surface area contributed by atoms with Gasteiger partial charge in [-0.1, -0.05) is 12.1 Å². The Morgan fingerprint density at radius 2 is 2.03 bits per heavy atom. The molecule has 0 aliphatic carbocycles. The van der Waals surface area contributed by atoms with Gasteiger partial charge in [0.15, 0.2) is 0 Å². The summed E-state index contributed by atoms with van der Waals surface area (Å²) >= 11 is 0. The number of nitrogens with zero attached hydrogens (tertiary/aromatic N) is 2. The molecule has 2 N–H and O–H groups in total. The zero-order valence-electron chi connectivity index (χ0n) is 16.2. The SMILES string of the molecule is O=C1CN(C(=O)C=Cc2ccc(S(=O)(=O)NCc3ccco3)cc2)c2ccncc2N1. The third-order valence-electron chi connectivity index (χ3n) is 4.56. The number of sulfonamides is 1. The fraction of sp³-hybridized carbons (Fsp3) is 0.0952. The standard InChI is InChI=1S/C21H18N4O5S/c26-20-14-25(19-9-10-22-13-18(19)24-20)21(27)8-5-15-3-6-17(7-4-15)31(28,29)23-12-16-2-1-11-30-16/h1-11,13,23H,12,14H2,(H,24,26). The van der Waals surface area contributed by atoms with Crippen molar-refractivity contribution in [1.29, 1.82) is 0 Å². The van der Waals surface area contributed by atoms with Gasteiger partial charge < -0.3 is 9.73 Å². The second kappa shape index (κ2) is 8.54. The third-order valence-corrected chi connectivity index (χ3v) is 5.97. The predicted molar refractivity (Wildman–Crippen MR) is 113 cm³/mol. The van der Waals surface area contributed by atoms with Crippen LogP contribution in [-0.2, 0) is 26.2 Å². The highest BCUT2D eigenvalue weighted by Crippen LogP contribution is 2.28. The zero-order chi connectivity index (χ0) is 21.8. The molecular formula is C21H18N4O5S. The molecule has 0 spiro atoms. The Hall–Kier alpha value is -3.76. The van der Waals surface area contributed by atoms with E-state index in [1.807, 2.05) is 0 Å². The average molecular weight is 438 g/mol. The number of anilines is 2. The first kappa shape index (κ1) is 20.5. The quantitative estimate of drug-likeness (QED) is 0.569. The fourth-order valence-electron chi connectivity index (χ4n) is 3.01. The minimum absolute atomic E-state index is 0.0475. The summed E-state index contributed by atoms with van der Waals surface area (Å²) in [5.74, 6) is -0.177. The molecule has 3 aromatic rings. The Balaban J connectivity index is 1.44. The lowest BCUT2D eigenvalue weighted by Crippen LogP contribution is -2.41. The first-order chi connectivity index (χ1) is 14.9. The number of carbonyl (C=O) groups excluding carboxylic acids is 2. The van der Waals surface area contributed by atoms with Gasteiger partial charge in [0.05, 0.1) is 35.3 Å². The Labute approximate surface area is 178 Å². The number of furan rings is 1. The molecule has 0 saturated carbocycles. The largest absolute Gasteiger partial charge is 0.468 e. The van der Waals surface area contributed by atoms with Crippen molar-refractivity contribution in [2.75, 3.05) is 16.8 Å². The van der Waals surface area contributed by atoms with Crippen LogP contribution in [0.4, 0.5) is 11.4 Å². The van der Waals surface area contributed by atoms with E-state index >= 15 is 0 Å². The number of hydrogen-bond donors (Lipinski definition) is 2. The summed E-state index contributed by atoms with van der Waals surface area (Å²) in [6.07, 6.45) is 7.39. The van der Waals surface area contributed by atoms with Crippen LogP contribution in [0.15, 0.2) is 76.5 Å². The van der Waals surface area contributed by atoms with Crippen LogP contribution in [0.2, 0.25) is 0 Å². The number of aromatic nitrogens is 1. The molecule has 31 heavy (non-hydrogen) atoms. The van der Waals surface area contributed by atoms with Crippen LogP contribution in [-0.4, -0.2) is 31.8 Å². The number of amides is 2. The molecule has 1 aliphatic heterocycles. The van der Waals surface area contributed by atoms with Gasteiger partial charge in [-0.15, -0.1) is 0 Å². The van der Waals surface area contributed by atoms with Crippen LogP contribution in [0.3, 0.4) is 0 Å². The molecule has 0 saturated heterocycles. The lowest BCUT2D eigenvalue weighted by Gasteiger charge is -2.27. The number of carbonyl (C=O) groups is 2. The van der Waals surface area contributed by atoms with Gasteiger partial charge >= 0.3 is 0 Å². The lowest BCUT2D eigenvalue weighted by atomic mass is 10.2. The first-order valence-electron chi connectivity index (χ1n) is 9.28. The van der Waals surface area contributed by atoms with Crippen molar-refractivity contribution in [3.8, 4) is 0 Å². The van der Waals surface area contributed by atoms with Crippen molar-refractivity contribution >= 4 is 39.3 Å². The molecule has 0 radical (unpaired) electrons. The summed E-state index contributed by atoms with van der Waals surface area (Å²) in [6.45, 7) is -0.0510. The van der Waals surface area contributed by atoms with Crippen molar-refractivity contribution in [2.24, 2.45) is 0 Å². The maximum atomic E-state index is 12.6. The van der Waals surface area contributed by atoms with Crippen LogP contribution in [0.5, 0.6) is 0 Å². The number of benzene rings is 1. The van der Waals surface area contributed by atoms with E-state index in [0.717, 1.165) is 0 Å². The first-order valence-corrected chi connectivity index (χ1v) is 10.8. The summed E-state index contributed by atoms with van der Waals surface area (Å²) in [7, 11) is -3.70. The molecule has 2 amide bonds. The molecule has 1 aliphatic rings. The van der Waals surface area contributed by atoms with E-state index in [1.165, 1.54) is 35.6 Å². The number of rotatable bonds is 6. The van der Waals surface area contributed by atoms with E-state index in [4.69, 9.17) is 4.42 Å². The van der Waals surface area contributed by atoms with Gasteiger partial charge in [0, 0.05) is 12.3 Å². The normalized spacial score (nSPS) is 13.8. The molecule has 0 fully saturated rings. The van der Waals surface area contributed by atoms with Gasteiger partial charge in [-0.3, -0.25) is 19.5 Å². The van der Waals surface area contributed by atoms with E-state index < -0.39 is 10.0 Å². The van der Waals surface area contributed by atoms with Crippen molar-refractivity contribution in [3.05, 3.63) is 78.5 Å². The monoisotopic (exact) mass is 438 g/mol. The van der Waals surface area contributed by atoms with Gasteiger partial charge in [0.25, 0.3) is 5.91 Å². The molecule has 4 rings (SSSR count). The molecule has 0 bridgehead atoms. The minimum Gasteiger partial charge on any atom is -0.468 e. The highest BCUT2D eigenvalue weighted by atomic mass is 32.2. The van der Waals surface area contributed by atoms with Crippen molar-refractivity contribution in [1.82, 2.24) is 9.71 Å². The number of hydrogen-bond acceptors (Lipinski definition) is 6. The van der Waals surface area contributed by atoms with Gasteiger partial charge in [0.1, 0.15) is 12.3 Å². The maximum Gasteiger partial charge on any atom is 0.251 e. The molecule has 0 atom stereocenters. The third kappa shape index (κ3) is 4.71. The van der Waals surface area contributed by atoms with Crippen LogP contribution in [0.1, 0.15) is 11.3 Å². The molecule has 1 aromatic carbocycles. The Bertz CT molecular complexity index is 1240. The number of pyridine rings is 1. The summed E-state index contributed by atoms with van der Waals surface area (Å²) in [5.41, 5.74) is 1.67. The Morgan fingerprint density at radius 3 is 2.77 bits per heavy atom. The van der Waals surface area contributed by atoms with E-state index in [2.05, 4.69) is 15.0 Å². The Morgan fingerprint density at radius 1 is 1.23 bits per heavy atom. The van der Waals surface area contributed by atoms with Crippen LogP contribution < -0.4 is 14.9 Å². The highest BCUT2D eigenvalue weighted by molar-refractivity contribution is 7.89. The molecule has 3 heterocycles. The van der Waals surface area contributed by atoms with Crippen molar-refractivity contribution < 1.29 is 22.4 Å². The smallest absolute Gasteiger partial charge is 0.251 e. The van der Waals surface area contributed by atoms with E-state index in [1.54, 1.807) is 42.6 Å². The second-order valence-electron chi connectivity index (χ2n) is 6.67. The topological polar surface area (TPSA) is 122 Å². The summed E-state index contributed by atoms with van der Waals surface area (Å²) < 4.78 is 32.3. The maximum absolute atomic E-state index is 12.6. The Kier molecular flexibility index (Phi) is 5.65. The molecular weight excluding hydrogens is 420 g/mol. The van der Waals surface area contributed by atoms with Crippen LogP contribution in [0, 0.1) is 0 Å². The fourth-order valence-corrected chi connectivity index (χ4v) is 4.01. The van der Waals surface area contributed by atoms with Crippen molar-refractivity contribution in [3.63, 3.8) is 0 Å². The predicted octanol–water partition coefficient (Wildman–Crippen LogP) is 2.15. The summed E-state index contributed by atoms with van der Waals surface area (Å²) in [4.78, 5) is 29.9. The molecule has 10 heteroatoms. The molecule has 158 valence electrons. The molecule has 2 aromatic heterocycles. The van der Waals surface area contributed by atoms with Crippen LogP contribution in [0.25, 0.3) is 6.08 Å². The van der Waals surface area contributed by atoms with Gasteiger partial charge in [-0.05, 0) is 42.0 Å². The van der Waals surface area contributed by atoms with Gasteiger partial charge in [0.2, 0.25) is 15.9 Å². The molecule has 0 unspecified atom stereocenters. The number of fused-ring (bicyclic) bond motifs is 1. The van der Waals surface area contributed by atoms with E-state index in [-0.39, 0.29) is 29.8 Å². The summed E-state index contributed by atoms with van der Waals surface area (Å²) in [5, 5.41) is 2.67. The minimum atomic E-state index is -3.70. The lowest BCUT2D eigenvalue weighted by molar-refractivity contribution is -0.119. The highest BCUT2D eigenvalue weighted by Gasteiger charge is 2.25. The van der Waals surface area contributed by atoms with Gasteiger partial charge in [-0.25, -0.2) is 13.1 Å². The zero-order valence-corrected chi connectivity index (χ0v) is 17.0. The van der Waals surface area contributed by atoms with E-state index in [0.29, 0.717) is 22.7 Å². The van der Waals surface area contributed by atoms with Gasteiger partial charge in [-0.2, -0.15) is 0 Å². The van der Waals surface area contributed by atoms with Crippen LogP contribution >= 0.6 is 0 Å².